The molecule has 0 fully saturated rings. The lowest BCUT2D eigenvalue weighted by Gasteiger charge is -2.20. The highest BCUT2D eigenvalue weighted by atomic mass is 32.2. The monoisotopic (exact) mass is 288 g/mol. The third kappa shape index (κ3) is 2.75. The van der Waals surface area contributed by atoms with Gasteiger partial charge in [-0.15, -0.1) is 0 Å². The van der Waals surface area contributed by atoms with Gasteiger partial charge in [-0.3, -0.25) is 4.98 Å². The van der Waals surface area contributed by atoms with Gasteiger partial charge in [0.1, 0.15) is 6.54 Å². The molecule has 0 unspecified atom stereocenters. The van der Waals surface area contributed by atoms with Crippen LogP contribution in [0.1, 0.15) is 5.56 Å². The standard InChI is InChI=1S/C13H12N4O2S/c1-11-2-4-12(5-3-11)20(18,19)17(9-6-14)13-10-15-7-8-16-13/h2-5,7-8,10H,9H2,1H3. The first-order valence-corrected chi connectivity index (χ1v) is 7.22. The van der Waals surface area contributed by atoms with Crippen molar-refractivity contribution in [2.45, 2.75) is 11.8 Å². The van der Waals surface area contributed by atoms with Gasteiger partial charge in [-0.05, 0) is 19.1 Å². The summed E-state index contributed by atoms with van der Waals surface area (Å²) in [5, 5.41) is 8.85. The molecule has 0 aliphatic heterocycles. The van der Waals surface area contributed by atoms with Crippen LogP contribution in [0.4, 0.5) is 5.82 Å². The van der Waals surface area contributed by atoms with Gasteiger partial charge in [0, 0.05) is 12.4 Å². The Kier molecular flexibility index (Phi) is 3.96. The molecule has 0 spiro atoms. The summed E-state index contributed by atoms with van der Waals surface area (Å²) in [7, 11) is -3.82. The quantitative estimate of drug-likeness (QED) is 0.796. The number of aromatic nitrogens is 2. The number of nitriles is 1. The molecule has 0 amide bonds. The molecule has 0 atom stereocenters. The predicted octanol–water partition coefficient (Wildman–Crippen LogP) is 1.50. The predicted molar refractivity (Wildman–Crippen MR) is 73.4 cm³/mol. The molecule has 20 heavy (non-hydrogen) atoms. The lowest BCUT2D eigenvalue weighted by Crippen LogP contribution is -2.32. The molecule has 0 aliphatic carbocycles. The van der Waals surface area contributed by atoms with Crippen LogP contribution in [-0.4, -0.2) is 24.9 Å². The van der Waals surface area contributed by atoms with E-state index in [0.29, 0.717) is 0 Å². The molecule has 0 saturated heterocycles. The van der Waals surface area contributed by atoms with Crippen molar-refractivity contribution in [2.75, 3.05) is 10.8 Å². The Morgan fingerprint density at radius 1 is 1.25 bits per heavy atom. The van der Waals surface area contributed by atoms with Gasteiger partial charge in [0.2, 0.25) is 0 Å². The van der Waals surface area contributed by atoms with Crippen molar-refractivity contribution >= 4 is 15.8 Å². The van der Waals surface area contributed by atoms with Gasteiger partial charge in [-0.2, -0.15) is 5.26 Å². The highest BCUT2D eigenvalue weighted by Gasteiger charge is 2.25. The maximum absolute atomic E-state index is 12.5. The summed E-state index contributed by atoms with van der Waals surface area (Å²) in [6, 6.07) is 8.25. The van der Waals surface area contributed by atoms with E-state index in [9.17, 15) is 8.42 Å². The molecule has 1 heterocycles. The summed E-state index contributed by atoms with van der Waals surface area (Å²) in [5.41, 5.74) is 0.954. The zero-order valence-corrected chi connectivity index (χ0v) is 11.6. The van der Waals surface area contributed by atoms with Crippen LogP contribution in [0.2, 0.25) is 0 Å². The Hall–Kier alpha value is -2.46. The largest absolute Gasteiger partial charge is 0.266 e. The van der Waals surface area contributed by atoms with Crippen LogP contribution >= 0.6 is 0 Å². The van der Waals surface area contributed by atoms with Crippen molar-refractivity contribution in [3.63, 3.8) is 0 Å². The Labute approximate surface area is 117 Å². The molecule has 0 saturated carbocycles. The van der Waals surface area contributed by atoms with E-state index in [2.05, 4.69) is 9.97 Å². The average Bonchev–Trinajstić information content (AvgIpc) is 2.46. The molecule has 0 aliphatic rings. The van der Waals surface area contributed by atoms with Crippen LogP contribution in [0.5, 0.6) is 0 Å². The first kappa shape index (κ1) is 14.0. The van der Waals surface area contributed by atoms with Crippen LogP contribution in [0.15, 0.2) is 47.8 Å². The zero-order chi connectivity index (χ0) is 14.6. The van der Waals surface area contributed by atoms with Crippen molar-refractivity contribution in [2.24, 2.45) is 0 Å². The van der Waals surface area contributed by atoms with E-state index >= 15 is 0 Å². The molecule has 2 aromatic rings. The van der Waals surface area contributed by atoms with Crippen molar-refractivity contribution in [1.29, 1.82) is 5.26 Å². The molecule has 0 radical (unpaired) electrons. The van der Waals surface area contributed by atoms with Gasteiger partial charge in [-0.25, -0.2) is 17.7 Å². The second-order valence-corrected chi connectivity index (χ2v) is 5.91. The van der Waals surface area contributed by atoms with E-state index in [1.807, 2.05) is 13.0 Å². The fourth-order valence-corrected chi connectivity index (χ4v) is 2.91. The molecule has 0 bridgehead atoms. The lowest BCUT2D eigenvalue weighted by atomic mass is 10.2. The minimum absolute atomic E-state index is 0.115. The maximum Gasteiger partial charge on any atom is 0.266 e. The van der Waals surface area contributed by atoms with E-state index < -0.39 is 10.0 Å². The van der Waals surface area contributed by atoms with Gasteiger partial charge in [0.05, 0.1) is 17.2 Å². The molecule has 7 heteroatoms. The van der Waals surface area contributed by atoms with Crippen LogP contribution in [0.3, 0.4) is 0 Å². The second kappa shape index (κ2) is 5.67. The molecule has 0 N–H and O–H groups in total. The molecule has 2 rings (SSSR count). The highest BCUT2D eigenvalue weighted by molar-refractivity contribution is 7.92. The number of rotatable bonds is 4. The minimum Gasteiger partial charge on any atom is -0.259 e. The Bertz CT molecular complexity index is 721. The van der Waals surface area contributed by atoms with Crippen molar-refractivity contribution < 1.29 is 8.42 Å². The first-order chi connectivity index (χ1) is 9.55. The number of hydrogen-bond donors (Lipinski definition) is 0. The Morgan fingerprint density at radius 3 is 2.50 bits per heavy atom. The number of benzene rings is 1. The number of nitrogens with zero attached hydrogens (tertiary/aromatic N) is 4. The average molecular weight is 288 g/mol. The molecule has 6 nitrogen and oxygen atoms in total. The number of sulfonamides is 1. The van der Waals surface area contributed by atoms with Gasteiger partial charge in [-0.1, -0.05) is 17.7 Å². The van der Waals surface area contributed by atoms with E-state index in [1.54, 1.807) is 12.1 Å². The summed E-state index contributed by atoms with van der Waals surface area (Å²) in [6.07, 6.45) is 4.12. The fourth-order valence-electron chi connectivity index (χ4n) is 1.61. The maximum atomic E-state index is 12.5. The molecular formula is C13H12N4O2S. The zero-order valence-electron chi connectivity index (χ0n) is 10.8. The summed E-state index contributed by atoms with van der Waals surface area (Å²) in [6.45, 7) is 1.54. The van der Waals surface area contributed by atoms with Gasteiger partial charge >= 0.3 is 0 Å². The molecule has 1 aromatic carbocycles. The van der Waals surface area contributed by atoms with Gasteiger partial charge < -0.3 is 0 Å². The number of aryl methyl sites for hydroxylation is 1. The third-order valence-electron chi connectivity index (χ3n) is 2.63. The van der Waals surface area contributed by atoms with Crippen LogP contribution in [0.25, 0.3) is 0 Å². The summed E-state index contributed by atoms with van der Waals surface area (Å²) < 4.78 is 26.0. The fraction of sp³-hybridized carbons (Fsp3) is 0.154. The van der Waals surface area contributed by atoms with E-state index in [-0.39, 0.29) is 17.3 Å². The number of hydrogen-bond acceptors (Lipinski definition) is 5. The SMILES string of the molecule is Cc1ccc(S(=O)(=O)N(CC#N)c2cnccn2)cc1. The molecule has 1 aromatic heterocycles. The van der Waals surface area contributed by atoms with Crippen molar-refractivity contribution in [3.05, 3.63) is 48.4 Å². The summed E-state index contributed by atoms with van der Waals surface area (Å²) in [5.74, 6) is 0.120. The molecule has 102 valence electrons. The minimum atomic E-state index is -3.82. The van der Waals surface area contributed by atoms with E-state index in [4.69, 9.17) is 5.26 Å². The smallest absolute Gasteiger partial charge is 0.259 e. The van der Waals surface area contributed by atoms with E-state index in [1.165, 1.54) is 30.7 Å². The lowest BCUT2D eigenvalue weighted by molar-refractivity contribution is 0.592. The van der Waals surface area contributed by atoms with Crippen molar-refractivity contribution in [1.82, 2.24) is 9.97 Å². The number of anilines is 1. The topological polar surface area (TPSA) is 87.0 Å². The third-order valence-corrected chi connectivity index (χ3v) is 4.39. The van der Waals surface area contributed by atoms with E-state index in [0.717, 1.165) is 9.87 Å². The Morgan fingerprint density at radius 2 is 1.95 bits per heavy atom. The highest BCUT2D eigenvalue weighted by Crippen LogP contribution is 2.20. The van der Waals surface area contributed by atoms with Crippen molar-refractivity contribution in [3.8, 4) is 6.07 Å². The molecular weight excluding hydrogens is 276 g/mol. The second-order valence-electron chi connectivity index (χ2n) is 4.05. The summed E-state index contributed by atoms with van der Waals surface area (Å²) >= 11 is 0. The van der Waals surface area contributed by atoms with Gasteiger partial charge in [0.25, 0.3) is 10.0 Å². The van der Waals surface area contributed by atoms with Crippen LogP contribution in [0, 0.1) is 18.3 Å². The normalized spacial score (nSPS) is 10.8. The van der Waals surface area contributed by atoms with Crippen LogP contribution in [-0.2, 0) is 10.0 Å². The Balaban J connectivity index is 2.48. The summed E-state index contributed by atoms with van der Waals surface area (Å²) in [4.78, 5) is 7.89. The van der Waals surface area contributed by atoms with Crippen LogP contribution < -0.4 is 4.31 Å². The first-order valence-electron chi connectivity index (χ1n) is 5.78. The van der Waals surface area contributed by atoms with Gasteiger partial charge in [0.15, 0.2) is 5.82 Å².